The van der Waals surface area contributed by atoms with Crippen LogP contribution in [0.1, 0.15) is 67.3 Å². The number of aryl methyl sites for hydroxylation is 1. The lowest BCUT2D eigenvalue weighted by Crippen LogP contribution is -2.56. The molecule has 1 fully saturated rings. The van der Waals surface area contributed by atoms with E-state index in [2.05, 4.69) is 21.3 Å². The summed E-state index contributed by atoms with van der Waals surface area (Å²) in [5, 5.41) is 15.5. The molecule has 10 nitrogen and oxygen atoms in total. The van der Waals surface area contributed by atoms with Crippen molar-refractivity contribution in [3.05, 3.63) is 82.1 Å². The van der Waals surface area contributed by atoms with Gasteiger partial charge in [0.1, 0.15) is 12.1 Å². The number of benzene rings is 2. The van der Waals surface area contributed by atoms with E-state index in [4.69, 9.17) is 4.74 Å². The minimum absolute atomic E-state index is 0.0403. The number of hydrogen-bond donors (Lipinski definition) is 4. The first kappa shape index (κ1) is 36.3. The lowest BCUT2D eigenvalue weighted by atomic mass is 9.91. The van der Waals surface area contributed by atoms with E-state index < -0.39 is 35.9 Å². The molecule has 1 saturated heterocycles. The predicted molar refractivity (Wildman–Crippen MR) is 187 cm³/mol. The quantitative estimate of drug-likeness (QED) is 0.137. The Kier molecular flexibility index (Phi) is 13.3. The second kappa shape index (κ2) is 17.6. The zero-order valence-corrected chi connectivity index (χ0v) is 28.9. The highest BCUT2D eigenvalue weighted by Gasteiger charge is 2.31. The number of thiophene rings is 1. The van der Waals surface area contributed by atoms with Crippen molar-refractivity contribution in [2.45, 2.75) is 77.9 Å². The Bertz CT molecular complexity index is 1630. The number of ether oxygens (including phenoxy) is 1. The standard InChI is InChI=1S/C37H46N4O6S/c1-5-47-32(42)16-15-28(21-27-13-9-18-38-34(27)43)39-35(44)30(20-23(2)3)40-36(45)31(41-37(46)33-24(4)17-19-48-33)22-26-12-8-11-25-10-6-7-14-29(25)26/h6-8,10-12,14-17,19,23,27-28,30-31H,5,9,13,18,20-22H2,1-4H3,(H,38,43)(H,39,44)(H,40,45)(H,41,46)/b16-15+/t27-,28+,30-,31?/m0/s1. The fraction of sp³-hybridized carbons (Fsp3) is 0.432. The molecule has 1 aliphatic rings. The monoisotopic (exact) mass is 674 g/mol. The molecular weight excluding hydrogens is 628 g/mol. The Balaban J connectivity index is 1.58. The van der Waals surface area contributed by atoms with Gasteiger partial charge in [-0.25, -0.2) is 4.79 Å². The average Bonchev–Trinajstić information content (AvgIpc) is 3.49. The summed E-state index contributed by atoms with van der Waals surface area (Å²) in [5.41, 5.74) is 1.70. The number of nitrogens with one attached hydrogen (secondary N) is 4. The zero-order valence-electron chi connectivity index (χ0n) is 28.0. The third kappa shape index (κ3) is 10.2. The Morgan fingerprint density at radius 2 is 1.75 bits per heavy atom. The molecule has 4 amide bonds. The molecule has 2 aromatic carbocycles. The van der Waals surface area contributed by atoms with Gasteiger partial charge >= 0.3 is 5.97 Å². The normalized spacial score (nSPS) is 16.6. The lowest BCUT2D eigenvalue weighted by Gasteiger charge is -2.28. The van der Waals surface area contributed by atoms with Gasteiger partial charge in [0.25, 0.3) is 5.91 Å². The van der Waals surface area contributed by atoms with E-state index >= 15 is 0 Å². The summed E-state index contributed by atoms with van der Waals surface area (Å²) in [5.74, 6) is -2.24. The highest BCUT2D eigenvalue weighted by molar-refractivity contribution is 7.12. The van der Waals surface area contributed by atoms with Crippen LogP contribution < -0.4 is 21.3 Å². The number of piperidine rings is 1. The van der Waals surface area contributed by atoms with Crippen molar-refractivity contribution in [2.24, 2.45) is 11.8 Å². The van der Waals surface area contributed by atoms with E-state index in [-0.39, 0.29) is 43.1 Å². The number of esters is 1. The molecule has 1 aromatic heterocycles. The van der Waals surface area contributed by atoms with Crippen molar-refractivity contribution in [1.82, 2.24) is 21.3 Å². The first-order chi connectivity index (χ1) is 23.0. The van der Waals surface area contributed by atoms with Crippen LogP contribution in [0.3, 0.4) is 0 Å². The van der Waals surface area contributed by atoms with Gasteiger partial charge in [-0.1, -0.05) is 62.4 Å². The molecule has 4 N–H and O–H groups in total. The zero-order chi connectivity index (χ0) is 34.6. The third-order valence-corrected chi connectivity index (χ3v) is 9.37. The van der Waals surface area contributed by atoms with Crippen LogP contribution >= 0.6 is 11.3 Å². The molecule has 1 aliphatic heterocycles. The highest BCUT2D eigenvalue weighted by atomic mass is 32.1. The van der Waals surface area contributed by atoms with Gasteiger partial charge in [0.2, 0.25) is 17.7 Å². The Hall–Kier alpha value is -4.51. The smallest absolute Gasteiger partial charge is 0.330 e. The van der Waals surface area contributed by atoms with Crippen molar-refractivity contribution in [3.63, 3.8) is 0 Å². The number of carbonyl (C=O) groups excluding carboxylic acids is 5. The highest BCUT2D eigenvalue weighted by Crippen LogP contribution is 2.22. The van der Waals surface area contributed by atoms with E-state index in [1.165, 1.54) is 17.4 Å². The molecular formula is C37H46N4O6S. The maximum absolute atomic E-state index is 14.1. The van der Waals surface area contributed by atoms with E-state index in [0.29, 0.717) is 24.3 Å². The van der Waals surface area contributed by atoms with Gasteiger partial charge in [0, 0.05) is 31.0 Å². The molecule has 0 spiro atoms. The Labute approximate surface area is 286 Å². The Morgan fingerprint density at radius 1 is 1.00 bits per heavy atom. The first-order valence-corrected chi connectivity index (χ1v) is 17.5. The summed E-state index contributed by atoms with van der Waals surface area (Å²) in [6.07, 6.45) is 5.11. The summed E-state index contributed by atoms with van der Waals surface area (Å²) in [6, 6.07) is 13.0. The molecule has 0 aliphatic carbocycles. The molecule has 1 unspecified atom stereocenters. The average molecular weight is 675 g/mol. The van der Waals surface area contributed by atoms with E-state index in [1.807, 2.05) is 74.7 Å². The van der Waals surface area contributed by atoms with Crippen molar-refractivity contribution in [3.8, 4) is 0 Å². The number of amides is 4. The SMILES string of the molecule is CCOC(=O)/C=C/[C@H](C[C@@H]1CCCNC1=O)NC(=O)[C@H](CC(C)C)NC(=O)C(Cc1cccc2ccccc12)NC(=O)c1sccc1C. The molecule has 0 radical (unpaired) electrons. The largest absolute Gasteiger partial charge is 0.463 e. The number of carbonyl (C=O) groups is 5. The fourth-order valence-electron chi connectivity index (χ4n) is 5.92. The summed E-state index contributed by atoms with van der Waals surface area (Å²) in [4.78, 5) is 66.5. The minimum Gasteiger partial charge on any atom is -0.463 e. The molecule has 4 atom stereocenters. The van der Waals surface area contributed by atoms with Crippen LogP contribution in [0.2, 0.25) is 0 Å². The number of fused-ring (bicyclic) bond motifs is 1. The molecule has 2 heterocycles. The van der Waals surface area contributed by atoms with Crippen LogP contribution in [0.5, 0.6) is 0 Å². The van der Waals surface area contributed by atoms with Crippen LogP contribution in [0.15, 0.2) is 66.1 Å². The molecule has 4 rings (SSSR count). The van der Waals surface area contributed by atoms with Gasteiger partial charge < -0.3 is 26.0 Å². The van der Waals surface area contributed by atoms with Crippen LogP contribution in [-0.4, -0.2) is 60.9 Å². The summed E-state index contributed by atoms with van der Waals surface area (Å²) in [6.45, 7) is 8.26. The molecule has 11 heteroatoms. The van der Waals surface area contributed by atoms with E-state index in [0.717, 1.165) is 28.3 Å². The van der Waals surface area contributed by atoms with Crippen LogP contribution in [-0.2, 0) is 30.3 Å². The van der Waals surface area contributed by atoms with Crippen LogP contribution in [0.25, 0.3) is 10.8 Å². The van der Waals surface area contributed by atoms with Gasteiger partial charge in [-0.2, -0.15) is 0 Å². The first-order valence-electron chi connectivity index (χ1n) is 16.6. The maximum Gasteiger partial charge on any atom is 0.330 e. The van der Waals surface area contributed by atoms with E-state index in [1.54, 1.807) is 13.0 Å². The van der Waals surface area contributed by atoms with Crippen molar-refractivity contribution in [2.75, 3.05) is 13.2 Å². The van der Waals surface area contributed by atoms with Gasteiger partial charge in [-0.3, -0.25) is 19.2 Å². The van der Waals surface area contributed by atoms with Gasteiger partial charge in [0.15, 0.2) is 0 Å². The molecule has 3 aromatic rings. The lowest BCUT2D eigenvalue weighted by molar-refractivity contribution is -0.137. The van der Waals surface area contributed by atoms with Gasteiger partial charge in [-0.05, 0) is 78.8 Å². The van der Waals surface area contributed by atoms with E-state index in [9.17, 15) is 24.0 Å². The topological polar surface area (TPSA) is 143 Å². The molecule has 0 saturated carbocycles. The molecule has 256 valence electrons. The maximum atomic E-state index is 14.1. The van der Waals surface area contributed by atoms with Crippen molar-refractivity contribution < 1.29 is 28.7 Å². The second-order valence-corrected chi connectivity index (χ2v) is 13.5. The molecule has 0 bridgehead atoms. The number of rotatable bonds is 15. The van der Waals surface area contributed by atoms with Gasteiger partial charge in [-0.15, -0.1) is 11.3 Å². The summed E-state index contributed by atoms with van der Waals surface area (Å²) >= 11 is 1.30. The fourth-order valence-corrected chi connectivity index (χ4v) is 6.75. The number of hydrogen-bond acceptors (Lipinski definition) is 7. The summed E-state index contributed by atoms with van der Waals surface area (Å²) in [7, 11) is 0. The third-order valence-electron chi connectivity index (χ3n) is 8.35. The summed E-state index contributed by atoms with van der Waals surface area (Å²) < 4.78 is 5.02. The second-order valence-electron chi connectivity index (χ2n) is 12.6. The predicted octanol–water partition coefficient (Wildman–Crippen LogP) is 4.60. The van der Waals surface area contributed by atoms with Gasteiger partial charge in [0.05, 0.1) is 11.5 Å². The van der Waals surface area contributed by atoms with Crippen molar-refractivity contribution >= 4 is 51.7 Å². The minimum atomic E-state index is -0.974. The van der Waals surface area contributed by atoms with Crippen molar-refractivity contribution in [1.29, 1.82) is 0 Å². The molecule has 48 heavy (non-hydrogen) atoms. The van der Waals surface area contributed by atoms with Crippen LogP contribution in [0.4, 0.5) is 0 Å². The van der Waals surface area contributed by atoms with Crippen LogP contribution in [0, 0.1) is 18.8 Å². The Morgan fingerprint density at radius 3 is 2.46 bits per heavy atom.